The summed E-state index contributed by atoms with van der Waals surface area (Å²) in [4.78, 5) is 4.40. The molecule has 0 aliphatic heterocycles. The summed E-state index contributed by atoms with van der Waals surface area (Å²) < 4.78 is 0. The molecule has 108 valence electrons. The highest BCUT2D eigenvalue weighted by molar-refractivity contribution is 7.13. The Bertz CT molecular complexity index is 647. The summed E-state index contributed by atoms with van der Waals surface area (Å²) in [5, 5.41) is 6.83. The lowest BCUT2D eigenvalue weighted by atomic mass is 9.87. The number of hydrogen-bond acceptors (Lipinski definition) is 3. The van der Waals surface area contributed by atoms with Crippen LogP contribution >= 0.6 is 11.3 Å². The zero-order chi connectivity index (χ0) is 14.2. The van der Waals surface area contributed by atoms with E-state index in [9.17, 15) is 0 Å². The summed E-state index contributed by atoms with van der Waals surface area (Å²) >= 11 is 1.69. The van der Waals surface area contributed by atoms with Gasteiger partial charge in [-0.2, -0.15) is 0 Å². The van der Waals surface area contributed by atoms with Crippen LogP contribution in [0.15, 0.2) is 48.0 Å². The Balaban J connectivity index is 1.49. The number of nitrogens with one attached hydrogen (secondary N) is 1. The van der Waals surface area contributed by atoms with Crippen LogP contribution in [0.1, 0.15) is 19.8 Å². The first-order valence-corrected chi connectivity index (χ1v) is 8.62. The van der Waals surface area contributed by atoms with E-state index in [2.05, 4.69) is 53.6 Å². The molecule has 1 fully saturated rings. The summed E-state index contributed by atoms with van der Waals surface area (Å²) in [6.45, 7) is 2.33. The van der Waals surface area contributed by atoms with Gasteiger partial charge in [0.2, 0.25) is 0 Å². The lowest BCUT2D eigenvalue weighted by Gasteiger charge is -2.27. The normalized spacial score (nSPS) is 28.0. The number of benzene rings is 1. The number of hydrogen-bond donors (Lipinski definition) is 1. The Hall–Kier alpha value is -1.61. The summed E-state index contributed by atoms with van der Waals surface area (Å²) in [6, 6.07) is 9.16. The summed E-state index contributed by atoms with van der Waals surface area (Å²) in [6.07, 6.45) is 9.43. The average Bonchev–Trinajstić information content (AvgIpc) is 3.24. The largest absolute Gasteiger partial charge is 0.382 e. The van der Waals surface area contributed by atoms with Gasteiger partial charge in [-0.15, -0.1) is 11.3 Å². The smallest absolute Gasteiger partial charge is 0.123 e. The van der Waals surface area contributed by atoms with Crippen molar-refractivity contribution < 1.29 is 0 Å². The maximum absolute atomic E-state index is 4.40. The minimum Gasteiger partial charge on any atom is -0.382 e. The number of anilines is 1. The van der Waals surface area contributed by atoms with Crippen molar-refractivity contribution in [2.24, 2.45) is 17.8 Å². The SMILES string of the molecule is CC(Nc1cccc(-c2nccs2)c1)C1CC2C=CC1C2. The molecule has 21 heavy (non-hydrogen) atoms. The third-order valence-corrected chi connectivity index (χ3v) is 5.73. The average molecular weight is 296 g/mol. The van der Waals surface area contributed by atoms with E-state index in [-0.39, 0.29) is 0 Å². The molecule has 2 nitrogen and oxygen atoms in total. The topological polar surface area (TPSA) is 24.9 Å². The van der Waals surface area contributed by atoms with Crippen LogP contribution in [0, 0.1) is 17.8 Å². The predicted molar refractivity (Wildman–Crippen MR) is 89.5 cm³/mol. The molecule has 0 radical (unpaired) electrons. The maximum Gasteiger partial charge on any atom is 0.123 e. The lowest BCUT2D eigenvalue weighted by Crippen LogP contribution is -2.28. The van der Waals surface area contributed by atoms with Crippen molar-refractivity contribution in [1.29, 1.82) is 0 Å². The maximum atomic E-state index is 4.40. The van der Waals surface area contributed by atoms with Crippen LogP contribution in [0.3, 0.4) is 0 Å². The van der Waals surface area contributed by atoms with Crippen molar-refractivity contribution in [3.05, 3.63) is 48.0 Å². The van der Waals surface area contributed by atoms with E-state index in [1.165, 1.54) is 24.1 Å². The number of thiazole rings is 1. The molecular weight excluding hydrogens is 276 g/mol. The van der Waals surface area contributed by atoms with Crippen molar-refractivity contribution in [2.75, 3.05) is 5.32 Å². The second kappa shape index (κ2) is 5.30. The monoisotopic (exact) mass is 296 g/mol. The first-order chi connectivity index (χ1) is 10.3. The van der Waals surface area contributed by atoms with Gasteiger partial charge in [0.15, 0.2) is 0 Å². The Morgan fingerprint density at radius 1 is 1.29 bits per heavy atom. The number of allylic oxidation sites excluding steroid dienone is 2. The Morgan fingerprint density at radius 3 is 2.95 bits per heavy atom. The van der Waals surface area contributed by atoms with Crippen molar-refractivity contribution in [1.82, 2.24) is 4.98 Å². The molecule has 1 N–H and O–H groups in total. The lowest BCUT2D eigenvalue weighted by molar-refractivity contribution is 0.400. The van der Waals surface area contributed by atoms with Gasteiger partial charge in [-0.25, -0.2) is 4.98 Å². The van der Waals surface area contributed by atoms with Gasteiger partial charge in [-0.1, -0.05) is 24.3 Å². The van der Waals surface area contributed by atoms with Crippen LogP contribution < -0.4 is 5.32 Å². The van der Waals surface area contributed by atoms with E-state index < -0.39 is 0 Å². The molecule has 3 heteroatoms. The fourth-order valence-electron chi connectivity index (χ4n) is 3.88. The zero-order valence-corrected chi connectivity index (χ0v) is 13.0. The van der Waals surface area contributed by atoms with Gasteiger partial charge in [0.25, 0.3) is 0 Å². The molecule has 1 aromatic carbocycles. The molecular formula is C18H20N2S. The van der Waals surface area contributed by atoms with Gasteiger partial charge < -0.3 is 5.32 Å². The molecule has 1 saturated carbocycles. The van der Waals surface area contributed by atoms with E-state index >= 15 is 0 Å². The quantitative estimate of drug-likeness (QED) is 0.818. The first-order valence-electron chi connectivity index (χ1n) is 7.74. The molecule has 2 aromatic rings. The first kappa shape index (κ1) is 13.1. The molecule has 1 heterocycles. The van der Waals surface area contributed by atoms with E-state index in [0.29, 0.717) is 6.04 Å². The number of nitrogens with zero attached hydrogens (tertiary/aromatic N) is 1. The molecule has 2 aliphatic rings. The second-order valence-electron chi connectivity index (χ2n) is 6.30. The van der Waals surface area contributed by atoms with E-state index in [1.807, 2.05) is 11.6 Å². The van der Waals surface area contributed by atoms with Gasteiger partial charge in [0, 0.05) is 28.9 Å². The van der Waals surface area contributed by atoms with Crippen LogP contribution in [0.5, 0.6) is 0 Å². The van der Waals surface area contributed by atoms with E-state index in [4.69, 9.17) is 0 Å². The van der Waals surface area contributed by atoms with Crippen LogP contribution in [0.2, 0.25) is 0 Å². The molecule has 0 saturated heterocycles. The van der Waals surface area contributed by atoms with E-state index in [0.717, 1.165) is 22.8 Å². The van der Waals surface area contributed by atoms with Crippen LogP contribution in [-0.2, 0) is 0 Å². The molecule has 2 aliphatic carbocycles. The van der Waals surface area contributed by atoms with Crippen molar-refractivity contribution in [2.45, 2.75) is 25.8 Å². The molecule has 4 unspecified atom stereocenters. The fourth-order valence-corrected chi connectivity index (χ4v) is 4.51. The molecule has 4 atom stereocenters. The standard InChI is InChI=1S/C18H20N2S/c1-12(17-10-13-5-6-14(17)9-13)20-16-4-2-3-15(11-16)18-19-7-8-21-18/h2-8,11-14,17,20H,9-10H2,1H3. The Kier molecular flexibility index (Phi) is 3.30. The zero-order valence-electron chi connectivity index (χ0n) is 12.2. The highest BCUT2D eigenvalue weighted by atomic mass is 32.1. The number of fused-ring (bicyclic) bond motifs is 2. The molecule has 0 amide bonds. The van der Waals surface area contributed by atoms with Crippen molar-refractivity contribution >= 4 is 17.0 Å². The third-order valence-electron chi connectivity index (χ3n) is 4.91. The highest BCUT2D eigenvalue weighted by Crippen LogP contribution is 2.45. The Labute approximate surface area is 129 Å². The highest BCUT2D eigenvalue weighted by Gasteiger charge is 2.38. The number of aromatic nitrogens is 1. The Morgan fingerprint density at radius 2 is 2.24 bits per heavy atom. The van der Waals surface area contributed by atoms with Crippen LogP contribution in [-0.4, -0.2) is 11.0 Å². The van der Waals surface area contributed by atoms with Crippen LogP contribution in [0.25, 0.3) is 10.6 Å². The van der Waals surface area contributed by atoms with Gasteiger partial charge >= 0.3 is 0 Å². The molecule has 1 aromatic heterocycles. The number of rotatable bonds is 4. The van der Waals surface area contributed by atoms with E-state index in [1.54, 1.807) is 11.3 Å². The van der Waals surface area contributed by atoms with Crippen molar-refractivity contribution in [3.8, 4) is 10.6 Å². The van der Waals surface area contributed by atoms with Gasteiger partial charge in [-0.05, 0) is 49.7 Å². The minimum absolute atomic E-state index is 0.525. The molecule has 4 rings (SSSR count). The summed E-state index contributed by atoms with van der Waals surface area (Å²) in [5.74, 6) is 2.41. The van der Waals surface area contributed by atoms with Crippen molar-refractivity contribution in [3.63, 3.8) is 0 Å². The predicted octanol–water partition coefficient (Wildman–Crippen LogP) is 4.82. The molecule has 0 spiro atoms. The summed E-state index contributed by atoms with van der Waals surface area (Å²) in [5.41, 5.74) is 2.41. The van der Waals surface area contributed by atoms with Gasteiger partial charge in [0.1, 0.15) is 5.01 Å². The van der Waals surface area contributed by atoms with Crippen LogP contribution in [0.4, 0.5) is 5.69 Å². The molecule has 2 bridgehead atoms. The second-order valence-corrected chi connectivity index (χ2v) is 7.19. The minimum atomic E-state index is 0.525. The summed E-state index contributed by atoms with van der Waals surface area (Å²) in [7, 11) is 0. The van der Waals surface area contributed by atoms with Gasteiger partial charge in [-0.3, -0.25) is 0 Å². The third kappa shape index (κ3) is 2.51. The van der Waals surface area contributed by atoms with Gasteiger partial charge in [0.05, 0.1) is 0 Å². The fraction of sp³-hybridized carbons (Fsp3) is 0.389.